The molecule has 0 atom stereocenters. The zero-order valence-electron chi connectivity index (χ0n) is 12.2. The van der Waals surface area contributed by atoms with Gasteiger partial charge in [0.05, 0.1) is 0 Å². The molecule has 0 bridgehead atoms. The first-order valence-electron chi connectivity index (χ1n) is 7.42. The summed E-state index contributed by atoms with van der Waals surface area (Å²) in [6, 6.07) is 7.98. The molecule has 2 fully saturated rings. The van der Waals surface area contributed by atoms with Crippen LogP contribution in [0.4, 0.5) is 5.69 Å². The Labute approximate surface area is 129 Å². The van der Waals surface area contributed by atoms with Crippen LogP contribution >= 0.6 is 11.8 Å². The number of anilines is 1. The van der Waals surface area contributed by atoms with E-state index in [1.165, 1.54) is 0 Å². The van der Waals surface area contributed by atoms with Gasteiger partial charge in [-0.3, -0.25) is 9.59 Å². The molecule has 0 unspecified atom stereocenters. The van der Waals surface area contributed by atoms with Crippen molar-refractivity contribution in [2.75, 3.05) is 17.7 Å². The molecule has 1 saturated heterocycles. The Morgan fingerprint density at radius 3 is 2.71 bits per heavy atom. The maximum atomic E-state index is 13.0. The van der Waals surface area contributed by atoms with Gasteiger partial charge in [0.25, 0.3) is 5.91 Å². The van der Waals surface area contributed by atoms with Crippen molar-refractivity contribution in [3.8, 4) is 0 Å². The largest absolute Gasteiger partial charge is 0.342 e. The zero-order valence-corrected chi connectivity index (χ0v) is 13.0. The number of hydrogen-bond acceptors (Lipinski definition) is 3. The van der Waals surface area contributed by atoms with E-state index < -0.39 is 5.54 Å². The van der Waals surface area contributed by atoms with Gasteiger partial charge in [0, 0.05) is 23.5 Å². The van der Waals surface area contributed by atoms with Crippen LogP contribution in [0.15, 0.2) is 29.2 Å². The molecule has 1 aromatic carbocycles. The molecule has 1 N–H and O–H groups in total. The Balaban J connectivity index is 1.96. The van der Waals surface area contributed by atoms with E-state index in [1.807, 2.05) is 30.5 Å². The van der Waals surface area contributed by atoms with E-state index in [-0.39, 0.29) is 11.8 Å². The van der Waals surface area contributed by atoms with E-state index in [1.54, 1.807) is 16.7 Å². The minimum Gasteiger partial charge on any atom is -0.342 e. The number of nitrogens with zero attached hydrogens (tertiary/aromatic N) is 1. The highest BCUT2D eigenvalue weighted by Crippen LogP contribution is 2.35. The number of rotatable bonds is 2. The van der Waals surface area contributed by atoms with Gasteiger partial charge in [0.2, 0.25) is 5.91 Å². The number of amides is 2. The number of carbonyl (C=O) groups is 2. The van der Waals surface area contributed by atoms with Crippen LogP contribution in [0.2, 0.25) is 0 Å². The molecule has 1 aliphatic heterocycles. The van der Waals surface area contributed by atoms with Crippen LogP contribution in [0.5, 0.6) is 0 Å². The Morgan fingerprint density at radius 1 is 1.24 bits per heavy atom. The predicted molar refractivity (Wildman–Crippen MR) is 84.5 cm³/mol. The second-order valence-electron chi connectivity index (χ2n) is 5.75. The Hall–Kier alpha value is -1.49. The van der Waals surface area contributed by atoms with Crippen LogP contribution in [0, 0.1) is 0 Å². The molecule has 21 heavy (non-hydrogen) atoms. The third-order valence-corrected chi connectivity index (χ3v) is 5.14. The first-order chi connectivity index (χ1) is 10.1. The third-order valence-electron chi connectivity index (χ3n) is 4.42. The lowest BCUT2D eigenvalue weighted by atomic mass is 9.95. The highest BCUT2D eigenvalue weighted by atomic mass is 32.2. The minimum atomic E-state index is -0.664. The van der Waals surface area contributed by atoms with Crippen molar-refractivity contribution in [3.05, 3.63) is 24.3 Å². The molecular weight excluding hydrogens is 284 g/mol. The van der Waals surface area contributed by atoms with Gasteiger partial charge in [-0.2, -0.15) is 0 Å². The molecule has 112 valence electrons. The molecule has 1 spiro atoms. The van der Waals surface area contributed by atoms with Crippen molar-refractivity contribution >= 4 is 29.3 Å². The Morgan fingerprint density at radius 2 is 2.00 bits per heavy atom. The Bertz CT molecular complexity index is 567. The van der Waals surface area contributed by atoms with Gasteiger partial charge >= 0.3 is 0 Å². The molecule has 2 aliphatic rings. The van der Waals surface area contributed by atoms with Gasteiger partial charge in [-0.25, -0.2) is 0 Å². The average Bonchev–Trinajstić information content (AvgIpc) is 2.92. The summed E-state index contributed by atoms with van der Waals surface area (Å²) in [5.41, 5.74) is 0.234. The lowest BCUT2D eigenvalue weighted by molar-refractivity contribution is -0.129. The molecule has 1 heterocycles. The topological polar surface area (TPSA) is 49.4 Å². The number of hydrogen-bond donors (Lipinski definition) is 1. The first-order valence-corrected chi connectivity index (χ1v) is 8.64. The van der Waals surface area contributed by atoms with Gasteiger partial charge in [0.1, 0.15) is 5.54 Å². The molecule has 2 amide bonds. The molecule has 4 nitrogen and oxygen atoms in total. The summed E-state index contributed by atoms with van der Waals surface area (Å²) in [7, 11) is 0. The number of nitrogens with one attached hydrogen (secondary N) is 1. The van der Waals surface area contributed by atoms with E-state index in [4.69, 9.17) is 0 Å². The van der Waals surface area contributed by atoms with Crippen molar-refractivity contribution < 1.29 is 9.59 Å². The lowest BCUT2D eigenvalue weighted by Crippen LogP contribution is -2.55. The predicted octanol–water partition coefficient (Wildman–Crippen LogP) is 2.57. The van der Waals surface area contributed by atoms with Crippen molar-refractivity contribution in [1.29, 1.82) is 0 Å². The third kappa shape index (κ3) is 2.67. The fourth-order valence-corrected chi connectivity index (χ4v) is 3.75. The SMILES string of the molecule is CSc1cccc(N2CCC(=O)NC3(CCCC3)C2=O)c1. The van der Waals surface area contributed by atoms with Gasteiger partial charge < -0.3 is 10.2 Å². The van der Waals surface area contributed by atoms with Gasteiger partial charge in [-0.1, -0.05) is 18.9 Å². The average molecular weight is 304 g/mol. The molecule has 1 aromatic rings. The molecule has 3 rings (SSSR count). The van der Waals surface area contributed by atoms with E-state index in [9.17, 15) is 9.59 Å². The fourth-order valence-electron chi connectivity index (χ4n) is 3.30. The van der Waals surface area contributed by atoms with Gasteiger partial charge in [-0.15, -0.1) is 11.8 Å². The van der Waals surface area contributed by atoms with Crippen LogP contribution in [0.1, 0.15) is 32.1 Å². The normalized spacial score (nSPS) is 21.5. The molecule has 0 aromatic heterocycles. The number of thioether (sulfide) groups is 1. The molecule has 1 aliphatic carbocycles. The van der Waals surface area contributed by atoms with Crippen LogP contribution in [-0.2, 0) is 9.59 Å². The van der Waals surface area contributed by atoms with Crippen molar-refractivity contribution in [2.45, 2.75) is 42.5 Å². The lowest BCUT2D eigenvalue weighted by Gasteiger charge is -2.31. The molecular formula is C16H20N2O2S. The Kier molecular flexibility index (Phi) is 3.93. The summed E-state index contributed by atoms with van der Waals surface area (Å²) in [5, 5.41) is 3.00. The van der Waals surface area contributed by atoms with Gasteiger partial charge in [0.15, 0.2) is 0 Å². The quantitative estimate of drug-likeness (QED) is 0.854. The van der Waals surface area contributed by atoms with Crippen molar-refractivity contribution in [1.82, 2.24) is 5.32 Å². The standard InChI is InChI=1S/C16H20N2O2S/c1-21-13-6-4-5-12(11-13)18-10-7-14(19)17-16(15(18)20)8-2-3-9-16/h4-6,11H,2-3,7-10H2,1H3,(H,17,19). The van der Waals surface area contributed by atoms with Crippen LogP contribution < -0.4 is 10.2 Å². The molecule has 5 heteroatoms. The summed E-state index contributed by atoms with van der Waals surface area (Å²) in [4.78, 5) is 27.9. The van der Waals surface area contributed by atoms with Crippen molar-refractivity contribution in [3.63, 3.8) is 0 Å². The second kappa shape index (κ2) is 5.72. The second-order valence-corrected chi connectivity index (χ2v) is 6.63. The number of benzene rings is 1. The van der Waals surface area contributed by atoms with E-state index in [2.05, 4.69) is 5.32 Å². The summed E-state index contributed by atoms with van der Waals surface area (Å²) in [6.07, 6.45) is 5.92. The maximum Gasteiger partial charge on any atom is 0.252 e. The highest BCUT2D eigenvalue weighted by Gasteiger charge is 2.46. The monoisotopic (exact) mass is 304 g/mol. The zero-order chi connectivity index (χ0) is 14.9. The molecule has 1 saturated carbocycles. The first kappa shape index (κ1) is 14.4. The van der Waals surface area contributed by atoms with E-state index in [0.29, 0.717) is 13.0 Å². The highest BCUT2D eigenvalue weighted by molar-refractivity contribution is 7.98. The number of carbonyl (C=O) groups excluding carboxylic acids is 2. The molecule has 0 radical (unpaired) electrons. The summed E-state index contributed by atoms with van der Waals surface area (Å²) < 4.78 is 0. The summed E-state index contributed by atoms with van der Waals surface area (Å²) >= 11 is 1.66. The van der Waals surface area contributed by atoms with Crippen LogP contribution in [0.3, 0.4) is 0 Å². The maximum absolute atomic E-state index is 13.0. The summed E-state index contributed by atoms with van der Waals surface area (Å²) in [6.45, 7) is 0.463. The summed E-state index contributed by atoms with van der Waals surface area (Å²) in [5.74, 6) is 0.0536. The smallest absolute Gasteiger partial charge is 0.252 e. The van der Waals surface area contributed by atoms with Crippen LogP contribution in [-0.4, -0.2) is 30.2 Å². The van der Waals surface area contributed by atoms with E-state index >= 15 is 0 Å². The van der Waals surface area contributed by atoms with Crippen molar-refractivity contribution in [2.24, 2.45) is 0 Å². The fraction of sp³-hybridized carbons (Fsp3) is 0.500. The minimum absolute atomic E-state index is 0.00577. The van der Waals surface area contributed by atoms with Gasteiger partial charge in [-0.05, 0) is 37.3 Å². The van der Waals surface area contributed by atoms with E-state index in [0.717, 1.165) is 36.3 Å². The van der Waals surface area contributed by atoms with Crippen LogP contribution in [0.25, 0.3) is 0 Å².